The quantitative estimate of drug-likeness (QED) is 0.664. The van der Waals surface area contributed by atoms with E-state index in [9.17, 15) is 4.79 Å². The van der Waals surface area contributed by atoms with Gasteiger partial charge in [-0.1, -0.05) is 25.6 Å². The smallest absolute Gasteiger partial charge is 0.242 e. The Hall–Kier alpha value is -0.630. The summed E-state index contributed by atoms with van der Waals surface area (Å²) in [6, 6.07) is 0.208. The largest absolute Gasteiger partial charge is 0.381 e. The highest BCUT2D eigenvalue weighted by atomic mass is 32.2. The van der Waals surface area contributed by atoms with Crippen LogP contribution in [0, 0.1) is 17.8 Å². The average molecular weight is 438 g/mol. The van der Waals surface area contributed by atoms with Crippen LogP contribution in [0.1, 0.15) is 71.6 Å². The van der Waals surface area contributed by atoms with E-state index < -0.39 is 4.75 Å². The second-order valence-corrected chi connectivity index (χ2v) is 11.5. The first-order chi connectivity index (χ1) is 14.4. The van der Waals surface area contributed by atoms with Crippen LogP contribution in [0.25, 0.3) is 0 Å². The van der Waals surface area contributed by atoms with Crippen molar-refractivity contribution in [3.05, 3.63) is 0 Å². The van der Waals surface area contributed by atoms with Crippen molar-refractivity contribution in [1.82, 2.24) is 5.32 Å². The second-order valence-electron chi connectivity index (χ2n) is 10.2. The predicted molar refractivity (Wildman–Crippen MR) is 122 cm³/mol. The maximum atomic E-state index is 13.4. The van der Waals surface area contributed by atoms with Crippen molar-refractivity contribution in [3.8, 4) is 0 Å². The number of carbonyl (C=O) groups is 1. The van der Waals surface area contributed by atoms with E-state index in [1.54, 1.807) is 11.8 Å². The molecule has 3 heterocycles. The molecule has 1 saturated carbocycles. The summed E-state index contributed by atoms with van der Waals surface area (Å²) in [5.41, 5.74) is 6.45. The van der Waals surface area contributed by atoms with Crippen molar-refractivity contribution < 1.29 is 14.3 Å². The Morgan fingerprint density at radius 2 is 1.63 bits per heavy atom. The fourth-order valence-corrected chi connectivity index (χ4v) is 7.29. The number of ether oxygens (including phenoxy) is 2. The van der Waals surface area contributed by atoms with Gasteiger partial charge in [0.25, 0.3) is 0 Å². The molecule has 30 heavy (non-hydrogen) atoms. The monoisotopic (exact) mass is 437 g/mol. The Kier molecular flexibility index (Phi) is 7.12. The molecule has 4 aliphatic rings. The van der Waals surface area contributed by atoms with Gasteiger partial charge in [0, 0.05) is 32.0 Å². The Bertz CT molecular complexity index is 626. The van der Waals surface area contributed by atoms with Crippen LogP contribution < -0.4 is 11.1 Å². The summed E-state index contributed by atoms with van der Waals surface area (Å²) < 4.78 is 10.7. The number of hydrogen-bond acceptors (Lipinski definition) is 6. The van der Waals surface area contributed by atoms with Gasteiger partial charge in [0.2, 0.25) is 5.91 Å². The van der Waals surface area contributed by atoms with Crippen LogP contribution >= 0.6 is 11.8 Å². The van der Waals surface area contributed by atoms with E-state index in [4.69, 9.17) is 20.2 Å². The molecule has 0 aromatic heterocycles. The van der Waals surface area contributed by atoms with Crippen LogP contribution in [0.3, 0.4) is 0 Å². The number of amides is 1. The standard InChI is InChI=1S/C23H39N3O3S/c1-3-22(24)12-16(2)19(15-22)25-21-26-20(27)23(30-21,13-17-4-8-28-9-5-17)14-18-6-10-29-11-7-18/h16-19H,3-15,24H2,1-2H3,(H,25,26,27). The molecule has 3 atom stereocenters. The van der Waals surface area contributed by atoms with Gasteiger partial charge in [-0.3, -0.25) is 9.79 Å². The molecule has 3 saturated heterocycles. The molecule has 0 radical (unpaired) electrons. The van der Waals surface area contributed by atoms with Gasteiger partial charge < -0.3 is 20.5 Å². The lowest BCUT2D eigenvalue weighted by Gasteiger charge is -2.35. The molecule has 1 amide bonds. The minimum atomic E-state index is -0.394. The zero-order valence-electron chi connectivity index (χ0n) is 18.7. The Morgan fingerprint density at radius 3 is 2.13 bits per heavy atom. The SMILES string of the molecule is CCC1(N)CC(C)C(N=C2NC(=O)C(CC3CCOCC3)(CC3CCOCC3)S2)C1. The van der Waals surface area contributed by atoms with Gasteiger partial charge in [0.1, 0.15) is 4.75 Å². The van der Waals surface area contributed by atoms with Crippen molar-refractivity contribution >= 4 is 22.8 Å². The zero-order chi connectivity index (χ0) is 21.2. The van der Waals surface area contributed by atoms with E-state index in [1.165, 1.54) is 0 Å². The van der Waals surface area contributed by atoms with Crippen LogP contribution in [-0.2, 0) is 14.3 Å². The fourth-order valence-electron chi connectivity index (χ4n) is 5.80. The highest BCUT2D eigenvalue weighted by Crippen LogP contribution is 2.46. The Morgan fingerprint density at radius 1 is 1.07 bits per heavy atom. The molecule has 0 aromatic rings. The minimum Gasteiger partial charge on any atom is -0.381 e. The minimum absolute atomic E-state index is 0.108. The third-order valence-electron chi connectivity index (χ3n) is 7.83. The Labute approximate surface area is 185 Å². The van der Waals surface area contributed by atoms with Gasteiger partial charge in [-0.25, -0.2) is 0 Å². The van der Waals surface area contributed by atoms with Gasteiger partial charge in [-0.15, -0.1) is 0 Å². The van der Waals surface area contributed by atoms with Gasteiger partial charge in [-0.05, 0) is 75.5 Å². The normalized spacial score (nSPS) is 37.0. The number of rotatable bonds is 6. The van der Waals surface area contributed by atoms with Gasteiger partial charge in [-0.2, -0.15) is 0 Å². The van der Waals surface area contributed by atoms with Gasteiger partial charge in [0.15, 0.2) is 5.17 Å². The summed E-state index contributed by atoms with van der Waals surface area (Å²) in [7, 11) is 0. The molecule has 1 aliphatic carbocycles. The van der Waals surface area contributed by atoms with Crippen molar-refractivity contribution in [2.45, 2.75) is 88.0 Å². The molecule has 0 spiro atoms. The first-order valence-electron chi connectivity index (χ1n) is 11.9. The van der Waals surface area contributed by atoms with Crippen molar-refractivity contribution in [1.29, 1.82) is 0 Å². The fraction of sp³-hybridized carbons (Fsp3) is 0.913. The van der Waals surface area contributed by atoms with Crippen LogP contribution in [0.4, 0.5) is 0 Å². The number of nitrogens with two attached hydrogens (primary N) is 1. The molecule has 6 nitrogen and oxygen atoms in total. The molecule has 0 bridgehead atoms. The summed E-state index contributed by atoms with van der Waals surface area (Å²) >= 11 is 1.72. The van der Waals surface area contributed by atoms with E-state index >= 15 is 0 Å². The molecule has 3 aliphatic heterocycles. The van der Waals surface area contributed by atoms with E-state index in [2.05, 4.69) is 19.2 Å². The number of carbonyl (C=O) groups excluding carboxylic acids is 1. The topological polar surface area (TPSA) is 85.9 Å². The average Bonchev–Trinajstić information content (AvgIpc) is 3.19. The number of nitrogens with zero attached hydrogens (tertiary/aromatic N) is 1. The maximum absolute atomic E-state index is 13.4. The number of hydrogen-bond donors (Lipinski definition) is 2. The molecule has 3 N–H and O–H groups in total. The van der Waals surface area contributed by atoms with Crippen LogP contribution in [-0.4, -0.2) is 53.8 Å². The third-order valence-corrected chi connectivity index (χ3v) is 9.14. The third kappa shape index (κ3) is 5.05. The summed E-state index contributed by atoms with van der Waals surface area (Å²) in [6.07, 6.45) is 9.00. The molecule has 4 rings (SSSR count). The van der Waals surface area contributed by atoms with Gasteiger partial charge in [0.05, 0.1) is 6.04 Å². The summed E-state index contributed by atoms with van der Waals surface area (Å²) in [4.78, 5) is 18.4. The van der Waals surface area contributed by atoms with Crippen LogP contribution in [0.2, 0.25) is 0 Å². The molecule has 7 heteroatoms. The molecule has 4 fully saturated rings. The highest BCUT2D eigenvalue weighted by molar-refractivity contribution is 8.16. The lowest BCUT2D eigenvalue weighted by atomic mass is 9.80. The lowest BCUT2D eigenvalue weighted by molar-refractivity contribution is -0.123. The predicted octanol–water partition coefficient (Wildman–Crippen LogP) is 3.48. The summed E-state index contributed by atoms with van der Waals surface area (Å²) in [6.45, 7) is 7.70. The van der Waals surface area contributed by atoms with E-state index in [-0.39, 0.29) is 17.5 Å². The number of nitrogens with one attached hydrogen (secondary N) is 1. The molecule has 0 aromatic carbocycles. The highest BCUT2D eigenvalue weighted by Gasteiger charge is 2.50. The Balaban J connectivity index is 1.51. The van der Waals surface area contributed by atoms with E-state index in [1.807, 2.05) is 0 Å². The summed E-state index contributed by atoms with van der Waals surface area (Å²) in [5, 5.41) is 4.02. The van der Waals surface area contributed by atoms with Crippen LogP contribution in [0.15, 0.2) is 4.99 Å². The molecule has 3 unspecified atom stereocenters. The second kappa shape index (κ2) is 9.47. The summed E-state index contributed by atoms with van der Waals surface area (Å²) in [5.74, 6) is 1.74. The first-order valence-corrected chi connectivity index (χ1v) is 12.8. The van der Waals surface area contributed by atoms with Gasteiger partial charge >= 0.3 is 0 Å². The molecule has 170 valence electrons. The maximum Gasteiger partial charge on any atom is 0.242 e. The number of amidine groups is 1. The van der Waals surface area contributed by atoms with Crippen molar-refractivity contribution in [2.75, 3.05) is 26.4 Å². The van der Waals surface area contributed by atoms with Crippen LogP contribution in [0.5, 0.6) is 0 Å². The molecular weight excluding hydrogens is 398 g/mol. The lowest BCUT2D eigenvalue weighted by Crippen LogP contribution is -2.41. The number of aliphatic imine (C=N–C) groups is 1. The molecular formula is C23H39N3O3S. The first kappa shape index (κ1) is 22.6. The van der Waals surface area contributed by atoms with Crippen molar-refractivity contribution in [2.24, 2.45) is 28.5 Å². The zero-order valence-corrected chi connectivity index (χ0v) is 19.5. The van der Waals surface area contributed by atoms with E-state index in [0.29, 0.717) is 17.8 Å². The number of thioether (sulfide) groups is 1. The van der Waals surface area contributed by atoms with E-state index in [0.717, 1.165) is 89.4 Å². The van der Waals surface area contributed by atoms with Crippen molar-refractivity contribution in [3.63, 3.8) is 0 Å².